The van der Waals surface area contributed by atoms with Crippen LogP contribution < -0.4 is 5.32 Å². The molecule has 0 atom stereocenters. The maximum absolute atomic E-state index is 10.8. The number of rotatable bonds is 1. The van der Waals surface area contributed by atoms with Gasteiger partial charge in [-0.1, -0.05) is 0 Å². The summed E-state index contributed by atoms with van der Waals surface area (Å²) in [5.74, 6) is 0. The number of nitrogens with zero attached hydrogens (tertiary/aromatic N) is 1. The average molecular weight is 261 g/mol. The van der Waals surface area contributed by atoms with Gasteiger partial charge >= 0.3 is 6.09 Å². The monoisotopic (exact) mass is 260 g/mol. The number of halogens is 1. The molecule has 0 saturated carbocycles. The molecule has 0 bridgehead atoms. The second-order valence-electron chi connectivity index (χ2n) is 2.02. The number of hydrogen-bond acceptors (Lipinski definition) is 4. The third-order valence-electron chi connectivity index (χ3n) is 1.22. The predicted octanol–water partition coefficient (Wildman–Crippen LogP) is 2.56. The number of amides is 1. The summed E-state index contributed by atoms with van der Waals surface area (Å²) in [5, 5.41) is 11.6. The van der Waals surface area contributed by atoms with Gasteiger partial charge < -0.3 is 4.74 Å². The highest BCUT2D eigenvalue weighted by Gasteiger charge is 2.10. The van der Waals surface area contributed by atoms with Gasteiger partial charge in [-0.15, -0.1) is 11.3 Å². The van der Waals surface area contributed by atoms with Crippen molar-refractivity contribution < 1.29 is 9.53 Å². The smallest absolute Gasteiger partial charge is 0.411 e. The number of methoxy groups -OCH3 is 1. The van der Waals surface area contributed by atoms with Gasteiger partial charge in [0.1, 0.15) is 11.1 Å². The van der Waals surface area contributed by atoms with Crippen LogP contribution in [0, 0.1) is 11.3 Å². The van der Waals surface area contributed by atoms with Gasteiger partial charge in [0.15, 0.2) is 0 Å². The standard InChI is InChI=1S/C7H5BrN2O2S/c1-12-7(11)10-6-4(3-9)2-5(8)13-6/h2H,1H3,(H,10,11). The highest BCUT2D eigenvalue weighted by Crippen LogP contribution is 2.31. The molecule has 1 rings (SSSR count). The fourth-order valence-electron chi connectivity index (χ4n) is 0.681. The van der Waals surface area contributed by atoms with E-state index < -0.39 is 6.09 Å². The van der Waals surface area contributed by atoms with Crippen LogP contribution >= 0.6 is 27.3 Å². The van der Waals surface area contributed by atoms with Gasteiger partial charge in [0.25, 0.3) is 0 Å². The van der Waals surface area contributed by atoms with Gasteiger partial charge in [0, 0.05) is 0 Å². The molecule has 1 amide bonds. The summed E-state index contributed by atoms with van der Waals surface area (Å²) in [5.41, 5.74) is 0.419. The Labute approximate surface area is 87.3 Å². The zero-order valence-corrected chi connectivity index (χ0v) is 9.03. The van der Waals surface area contributed by atoms with E-state index in [9.17, 15) is 4.79 Å². The molecule has 68 valence electrons. The van der Waals surface area contributed by atoms with Crippen molar-refractivity contribution in [3.05, 3.63) is 15.4 Å². The minimum atomic E-state index is -0.578. The van der Waals surface area contributed by atoms with E-state index in [0.29, 0.717) is 10.6 Å². The van der Waals surface area contributed by atoms with E-state index in [0.717, 1.165) is 3.79 Å². The molecule has 1 aromatic rings. The van der Waals surface area contributed by atoms with Crippen molar-refractivity contribution in [2.24, 2.45) is 0 Å². The Balaban J connectivity index is 2.88. The summed E-state index contributed by atoms with van der Waals surface area (Å²) < 4.78 is 5.18. The molecule has 0 radical (unpaired) electrons. The second-order valence-corrected chi connectivity index (χ2v) is 4.45. The molecule has 1 heterocycles. The van der Waals surface area contributed by atoms with E-state index in [-0.39, 0.29) is 0 Å². The lowest BCUT2D eigenvalue weighted by molar-refractivity contribution is 0.187. The molecule has 13 heavy (non-hydrogen) atoms. The van der Waals surface area contributed by atoms with Crippen molar-refractivity contribution in [3.8, 4) is 6.07 Å². The van der Waals surface area contributed by atoms with Crippen LogP contribution in [0.25, 0.3) is 0 Å². The third kappa shape index (κ3) is 2.44. The summed E-state index contributed by atoms with van der Waals surface area (Å²) in [6, 6.07) is 3.59. The molecule has 4 nitrogen and oxygen atoms in total. The van der Waals surface area contributed by atoms with Crippen molar-refractivity contribution >= 4 is 38.4 Å². The van der Waals surface area contributed by atoms with E-state index in [4.69, 9.17) is 5.26 Å². The molecule has 0 aliphatic rings. The molecule has 0 aromatic carbocycles. The van der Waals surface area contributed by atoms with Gasteiger partial charge in [-0.25, -0.2) is 4.79 Å². The fourth-order valence-corrected chi connectivity index (χ4v) is 2.12. The number of carbonyl (C=O) groups is 1. The van der Waals surface area contributed by atoms with Crippen LogP contribution in [0.1, 0.15) is 5.56 Å². The highest BCUT2D eigenvalue weighted by molar-refractivity contribution is 9.11. The van der Waals surface area contributed by atoms with Gasteiger partial charge in [-0.3, -0.25) is 5.32 Å². The van der Waals surface area contributed by atoms with Crippen LogP contribution in [0.5, 0.6) is 0 Å². The normalized spacial score (nSPS) is 9.00. The minimum absolute atomic E-state index is 0.419. The van der Waals surface area contributed by atoms with E-state index in [1.807, 2.05) is 6.07 Å². The molecule has 0 aliphatic carbocycles. The summed E-state index contributed by atoms with van der Waals surface area (Å²) in [6.07, 6.45) is -0.578. The largest absolute Gasteiger partial charge is 0.453 e. The van der Waals surface area contributed by atoms with E-state index in [1.165, 1.54) is 18.4 Å². The van der Waals surface area contributed by atoms with Crippen LogP contribution in [0.4, 0.5) is 9.80 Å². The Bertz CT molecular complexity index is 369. The Morgan fingerprint density at radius 2 is 2.54 bits per heavy atom. The zero-order valence-electron chi connectivity index (χ0n) is 6.63. The van der Waals surface area contributed by atoms with Crippen LogP contribution in [0.2, 0.25) is 0 Å². The van der Waals surface area contributed by atoms with Crippen molar-refractivity contribution in [1.29, 1.82) is 5.26 Å². The van der Waals surface area contributed by atoms with E-state index in [1.54, 1.807) is 6.07 Å². The number of ether oxygens (including phenoxy) is 1. The van der Waals surface area contributed by atoms with Crippen molar-refractivity contribution in [2.45, 2.75) is 0 Å². The quantitative estimate of drug-likeness (QED) is 0.844. The predicted molar refractivity (Wildman–Crippen MR) is 52.8 cm³/mol. The van der Waals surface area contributed by atoms with E-state index >= 15 is 0 Å². The first kappa shape index (κ1) is 10.0. The lowest BCUT2D eigenvalue weighted by Gasteiger charge is -1.99. The molecule has 0 unspecified atom stereocenters. The van der Waals surface area contributed by atoms with Crippen LogP contribution in [-0.2, 0) is 4.74 Å². The summed E-state index contributed by atoms with van der Waals surface area (Å²) >= 11 is 4.48. The average Bonchev–Trinajstić information content (AvgIpc) is 2.46. The molecule has 6 heteroatoms. The molecular weight excluding hydrogens is 256 g/mol. The molecule has 0 saturated heterocycles. The van der Waals surface area contributed by atoms with Crippen LogP contribution in [-0.4, -0.2) is 13.2 Å². The first-order valence-corrected chi connectivity index (χ1v) is 4.82. The van der Waals surface area contributed by atoms with Crippen LogP contribution in [0.15, 0.2) is 9.85 Å². The number of thiophene rings is 1. The SMILES string of the molecule is COC(=O)Nc1sc(Br)cc1C#N. The van der Waals surface area contributed by atoms with Crippen LogP contribution in [0.3, 0.4) is 0 Å². The second kappa shape index (κ2) is 4.25. The maximum atomic E-state index is 10.8. The summed E-state index contributed by atoms with van der Waals surface area (Å²) in [6.45, 7) is 0. The molecular formula is C7H5BrN2O2S. The molecule has 0 fully saturated rings. The lowest BCUT2D eigenvalue weighted by atomic mass is 10.3. The van der Waals surface area contributed by atoms with Gasteiger partial charge in [-0.05, 0) is 22.0 Å². The third-order valence-corrected chi connectivity index (χ3v) is 2.78. The highest BCUT2D eigenvalue weighted by atomic mass is 79.9. The minimum Gasteiger partial charge on any atom is -0.453 e. The molecule has 1 aromatic heterocycles. The van der Waals surface area contributed by atoms with Crippen molar-refractivity contribution in [1.82, 2.24) is 0 Å². The fraction of sp³-hybridized carbons (Fsp3) is 0.143. The number of anilines is 1. The zero-order chi connectivity index (χ0) is 9.84. The summed E-state index contributed by atoms with van der Waals surface area (Å²) in [4.78, 5) is 10.8. The van der Waals surface area contributed by atoms with Gasteiger partial charge in [-0.2, -0.15) is 5.26 Å². The lowest BCUT2D eigenvalue weighted by Crippen LogP contribution is -2.10. The van der Waals surface area contributed by atoms with Gasteiger partial charge in [0.05, 0.1) is 16.5 Å². The van der Waals surface area contributed by atoms with Crippen molar-refractivity contribution in [2.75, 3.05) is 12.4 Å². The Kier molecular flexibility index (Phi) is 3.28. The van der Waals surface area contributed by atoms with Gasteiger partial charge in [0.2, 0.25) is 0 Å². The topological polar surface area (TPSA) is 62.1 Å². The summed E-state index contributed by atoms with van der Waals surface area (Å²) in [7, 11) is 1.27. The first-order chi connectivity index (χ1) is 6.17. The maximum Gasteiger partial charge on any atom is 0.411 e. The number of nitrogens with one attached hydrogen (secondary N) is 1. The van der Waals surface area contributed by atoms with E-state index in [2.05, 4.69) is 26.0 Å². The van der Waals surface area contributed by atoms with Crippen molar-refractivity contribution in [3.63, 3.8) is 0 Å². The molecule has 0 spiro atoms. The number of nitriles is 1. The Morgan fingerprint density at radius 3 is 3.08 bits per heavy atom. The first-order valence-electron chi connectivity index (χ1n) is 3.21. The Hall–Kier alpha value is -1.06. The molecule has 1 N–H and O–H groups in total. The molecule has 0 aliphatic heterocycles. The number of carbonyl (C=O) groups excluding carboxylic acids is 1. The Morgan fingerprint density at radius 1 is 1.85 bits per heavy atom. The number of hydrogen-bond donors (Lipinski definition) is 1.